The van der Waals surface area contributed by atoms with E-state index in [1.807, 2.05) is 6.92 Å². The number of rotatable bonds is 7. The number of primary amides is 1. The third-order valence-corrected chi connectivity index (χ3v) is 3.32. The van der Waals surface area contributed by atoms with E-state index in [-0.39, 0.29) is 11.3 Å². The molecule has 7 heteroatoms. The molecule has 2 rings (SSSR count). The van der Waals surface area contributed by atoms with Crippen LogP contribution in [0.3, 0.4) is 0 Å². The molecule has 1 unspecified atom stereocenters. The Morgan fingerprint density at radius 1 is 1.16 bits per heavy atom. The van der Waals surface area contributed by atoms with Crippen LogP contribution < -0.4 is 20.5 Å². The van der Waals surface area contributed by atoms with Crippen LogP contribution in [0.15, 0.2) is 42.5 Å². The van der Waals surface area contributed by atoms with Crippen molar-refractivity contribution in [2.24, 2.45) is 5.73 Å². The van der Waals surface area contributed by atoms with Gasteiger partial charge in [-0.25, -0.2) is 4.39 Å². The Balaban J connectivity index is 2.10. The van der Waals surface area contributed by atoms with E-state index in [1.165, 1.54) is 43.3 Å². The van der Waals surface area contributed by atoms with E-state index in [1.54, 1.807) is 6.07 Å². The van der Waals surface area contributed by atoms with Gasteiger partial charge in [-0.05, 0) is 56.3 Å². The number of benzene rings is 2. The van der Waals surface area contributed by atoms with E-state index < -0.39 is 23.7 Å². The highest BCUT2D eigenvalue weighted by Gasteiger charge is 2.18. The molecule has 0 saturated heterocycles. The van der Waals surface area contributed by atoms with E-state index in [0.717, 1.165) is 0 Å². The Kier molecular flexibility index (Phi) is 5.94. The molecule has 0 aliphatic carbocycles. The fraction of sp³-hybridized carbons (Fsp3) is 0.222. The van der Waals surface area contributed by atoms with Gasteiger partial charge in [-0.1, -0.05) is 0 Å². The quantitative estimate of drug-likeness (QED) is 0.806. The molecular weight excluding hydrogens is 327 g/mol. The van der Waals surface area contributed by atoms with Crippen LogP contribution in [-0.4, -0.2) is 24.5 Å². The van der Waals surface area contributed by atoms with Crippen LogP contribution in [0.4, 0.5) is 10.1 Å². The predicted octanol–water partition coefficient (Wildman–Crippen LogP) is 2.73. The zero-order valence-electron chi connectivity index (χ0n) is 13.9. The first-order chi connectivity index (χ1) is 11.9. The SMILES string of the molecule is CCOc1ccc(NC(=O)C(C)Oc2ccc(F)cc2)c(C(N)=O)c1. The van der Waals surface area contributed by atoms with Gasteiger partial charge in [0.2, 0.25) is 0 Å². The summed E-state index contributed by atoms with van der Waals surface area (Å²) in [6.07, 6.45) is -0.863. The second-order valence-corrected chi connectivity index (χ2v) is 5.21. The second-order valence-electron chi connectivity index (χ2n) is 5.21. The van der Waals surface area contributed by atoms with Crippen molar-refractivity contribution in [2.75, 3.05) is 11.9 Å². The lowest BCUT2D eigenvalue weighted by Crippen LogP contribution is -2.31. The number of anilines is 1. The van der Waals surface area contributed by atoms with Crippen LogP contribution in [0.25, 0.3) is 0 Å². The molecule has 0 heterocycles. The van der Waals surface area contributed by atoms with Crippen LogP contribution in [-0.2, 0) is 4.79 Å². The number of hydrogen-bond acceptors (Lipinski definition) is 4. The van der Waals surface area contributed by atoms with E-state index in [0.29, 0.717) is 18.1 Å². The van der Waals surface area contributed by atoms with Gasteiger partial charge in [0.1, 0.15) is 17.3 Å². The van der Waals surface area contributed by atoms with Gasteiger partial charge in [0.25, 0.3) is 11.8 Å². The first-order valence-corrected chi connectivity index (χ1v) is 7.70. The predicted molar refractivity (Wildman–Crippen MR) is 91.2 cm³/mol. The normalized spacial score (nSPS) is 11.5. The Bertz CT molecular complexity index is 762. The summed E-state index contributed by atoms with van der Waals surface area (Å²) in [5, 5.41) is 2.60. The molecule has 0 bridgehead atoms. The first-order valence-electron chi connectivity index (χ1n) is 7.70. The van der Waals surface area contributed by atoms with Crippen molar-refractivity contribution in [3.63, 3.8) is 0 Å². The molecule has 0 spiro atoms. The van der Waals surface area contributed by atoms with Gasteiger partial charge in [-0.3, -0.25) is 9.59 Å². The Morgan fingerprint density at radius 2 is 1.80 bits per heavy atom. The number of ether oxygens (including phenoxy) is 2. The molecule has 2 aromatic rings. The zero-order valence-corrected chi connectivity index (χ0v) is 13.9. The average molecular weight is 346 g/mol. The van der Waals surface area contributed by atoms with Gasteiger partial charge in [0, 0.05) is 0 Å². The molecule has 2 aromatic carbocycles. The molecule has 132 valence electrons. The van der Waals surface area contributed by atoms with Crippen LogP contribution >= 0.6 is 0 Å². The summed E-state index contributed by atoms with van der Waals surface area (Å²) in [4.78, 5) is 23.9. The fourth-order valence-electron chi connectivity index (χ4n) is 2.10. The summed E-state index contributed by atoms with van der Waals surface area (Å²) < 4.78 is 23.7. The minimum absolute atomic E-state index is 0.133. The largest absolute Gasteiger partial charge is 0.494 e. The molecule has 0 fully saturated rings. The molecule has 0 aliphatic rings. The van der Waals surface area contributed by atoms with Crippen molar-refractivity contribution in [1.29, 1.82) is 0 Å². The lowest BCUT2D eigenvalue weighted by Gasteiger charge is -2.16. The molecule has 0 aliphatic heterocycles. The molecule has 6 nitrogen and oxygen atoms in total. The van der Waals surface area contributed by atoms with Gasteiger partial charge in [-0.2, -0.15) is 0 Å². The fourth-order valence-corrected chi connectivity index (χ4v) is 2.10. The topological polar surface area (TPSA) is 90.7 Å². The average Bonchev–Trinajstić information content (AvgIpc) is 2.58. The first kappa shape index (κ1) is 18.3. The number of nitrogens with two attached hydrogens (primary N) is 1. The summed E-state index contributed by atoms with van der Waals surface area (Å²) in [5.41, 5.74) is 5.75. The number of carbonyl (C=O) groups is 2. The maximum atomic E-state index is 12.9. The highest BCUT2D eigenvalue weighted by Crippen LogP contribution is 2.22. The highest BCUT2D eigenvalue weighted by atomic mass is 19.1. The molecule has 25 heavy (non-hydrogen) atoms. The minimum atomic E-state index is -0.863. The van der Waals surface area contributed by atoms with Crippen molar-refractivity contribution in [3.05, 3.63) is 53.8 Å². The summed E-state index contributed by atoms with van der Waals surface area (Å²) in [5.74, 6) is -0.735. The smallest absolute Gasteiger partial charge is 0.265 e. The number of amides is 2. The number of halogens is 1. The molecule has 3 N–H and O–H groups in total. The molecule has 0 saturated carbocycles. The zero-order chi connectivity index (χ0) is 18.4. The molecule has 0 aromatic heterocycles. The maximum absolute atomic E-state index is 12.9. The number of nitrogens with one attached hydrogen (secondary N) is 1. The standard InChI is InChI=1S/C18H19FN2O4/c1-3-24-14-8-9-16(15(10-14)17(20)22)21-18(23)11(2)25-13-6-4-12(19)5-7-13/h4-11H,3H2,1-2H3,(H2,20,22)(H,21,23). The van der Waals surface area contributed by atoms with Crippen LogP contribution in [0.5, 0.6) is 11.5 Å². The van der Waals surface area contributed by atoms with E-state index >= 15 is 0 Å². The summed E-state index contributed by atoms with van der Waals surface area (Å²) in [6, 6.07) is 9.93. The molecule has 0 radical (unpaired) electrons. The lowest BCUT2D eigenvalue weighted by molar-refractivity contribution is -0.122. The van der Waals surface area contributed by atoms with E-state index in [9.17, 15) is 14.0 Å². The highest BCUT2D eigenvalue weighted by molar-refractivity contribution is 6.04. The van der Waals surface area contributed by atoms with Gasteiger partial charge in [0.05, 0.1) is 17.9 Å². The van der Waals surface area contributed by atoms with Gasteiger partial charge >= 0.3 is 0 Å². The second kappa shape index (κ2) is 8.14. The lowest BCUT2D eigenvalue weighted by atomic mass is 10.1. The Hall–Kier alpha value is -3.09. The van der Waals surface area contributed by atoms with Crippen LogP contribution in [0.1, 0.15) is 24.2 Å². The summed E-state index contributed by atoms with van der Waals surface area (Å²) >= 11 is 0. The molecular formula is C18H19FN2O4. The number of hydrogen-bond donors (Lipinski definition) is 2. The third-order valence-electron chi connectivity index (χ3n) is 3.32. The maximum Gasteiger partial charge on any atom is 0.265 e. The molecule has 2 amide bonds. The van der Waals surface area contributed by atoms with Crippen LogP contribution in [0.2, 0.25) is 0 Å². The molecule has 1 atom stereocenters. The van der Waals surface area contributed by atoms with Gasteiger partial charge in [-0.15, -0.1) is 0 Å². The number of carbonyl (C=O) groups excluding carboxylic acids is 2. The summed E-state index contributed by atoms with van der Waals surface area (Å²) in [7, 11) is 0. The van der Waals surface area contributed by atoms with Crippen molar-refractivity contribution in [1.82, 2.24) is 0 Å². The van der Waals surface area contributed by atoms with E-state index in [4.69, 9.17) is 15.2 Å². The third kappa shape index (κ3) is 4.94. The van der Waals surface area contributed by atoms with Gasteiger partial charge in [0.15, 0.2) is 6.10 Å². The van der Waals surface area contributed by atoms with Crippen molar-refractivity contribution in [2.45, 2.75) is 20.0 Å². The van der Waals surface area contributed by atoms with E-state index in [2.05, 4.69) is 5.32 Å². The van der Waals surface area contributed by atoms with Crippen molar-refractivity contribution in [3.8, 4) is 11.5 Å². The summed E-state index contributed by atoms with van der Waals surface area (Å²) in [6.45, 7) is 3.79. The minimum Gasteiger partial charge on any atom is -0.494 e. The van der Waals surface area contributed by atoms with Gasteiger partial charge < -0.3 is 20.5 Å². The van der Waals surface area contributed by atoms with Crippen molar-refractivity contribution < 1.29 is 23.5 Å². The van der Waals surface area contributed by atoms with Crippen LogP contribution in [0, 0.1) is 5.82 Å². The monoisotopic (exact) mass is 346 g/mol. The van der Waals surface area contributed by atoms with Crippen molar-refractivity contribution >= 4 is 17.5 Å². The Morgan fingerprint density at radius 3 is 2.40 bits per heavy atom. The Labute approximate surface area is 144 Å².